The van der Waals surface area contributed by atoms with Crippen molar-refractivity contribution in [3.8, 4) is 5.75 Å². The van der Waals surface area contributed by atoms with Crippen LogP contribution in [0.15, 0.2) is 17.1 Å². The zero-order valence-electron chi connectivity index (χ0n) is 14.5. The Labute approximate surface area is 160 Å². The number of benzene rings is 1. The molecule has 1 aromatic rings. The molecule has 1 aliphatic rings. The maximum atomic E-state index is 10.6. The van der Waals surface area contributed by atoms with Crippen LogP contribution in [0.2, 0.25) is 19.6 Å². The van der Waals surface area contributed by atoms with Crippen LogP contribution in [0.4, 0.5) is 0 Å². The molecule has 0 aliphatic heterocycles. The average molecular weight is 452 g/mol. The molecule has 128 valence electrons. The Kier molecular flexibility index (Phi) is 9.66. The van der Waals surface area contributed by atoms with Crippen LogP contribution in [0.25, 0.3) is 0 Å². The number of phenols is 1. The van der Waals surface area contributed by atoms with Crippen LogP contribution in [0, 0.1) is 6.92 Å². The molecule has 1 aromatic carbocycles. The fourth-order valence-electron chi connectivity index (χ4n) is 2.89. The molecular weight excluding hydrogens is 424 g/mol. The van der Waals surface area contributed by atoms with Crippen molar-refractivity contribution in [3.63, 3.8) is 0 Å². The maximum absolute atomic E-state index is 10.6. The minimum absolute atomic E-state index is 0.457. The van der Waals surface area contributed by atoms with Gasteiger partial charge in [-0.05, 0) is 30.5 Å². The molecule has 0 bridgehead atoms. The molecule has 0 unspecified atom stereocenters. The first kappa shape index (κ1) is 21.4. The zero-order valence-corrected chi connectivity index (χ0v) is 19.5. The summed E-state index contributed by atoms with van der Waals surface area (Å²) in [5.41, 5.74) is 2.04. The summed E-state index contributed by atoms with van der Waals surface area (Å²) in [6, 6.07) is 4.67. The van der Waals surface area contributed by atoms with Gasteiger partial charge < -0.3 is 5.11 Å². The van der Waals surface area contributed by atoms with E-state index in [2.05, 4.69) is 38.7 Å². The van der Waals surface area contributed by atoms with Gasteiger partial charge in [0, 0.05) is 17.8 Å². The molecule has 0 amide bonds. The third-order valence-corrected chi connectivity index (χ3v) is 6.25. The van der Waals surface area contributed by atoms with E-state index in [1.807, 2.05) is 6.21 Å². The van der Waals surface area contributed by atoms with E-state index in [-0.39, 0.29) is 0 Å². The van der Waals surface area contributed by atoms with Crippen molar-refractivity contribution in [2.45, 2.75) is 64.7 Å². The molecule has 0 spiro atoms. The zero-order chi connectivity index (χ0) is 17.5. The van der Waals surface area contributed by atoms with Gasteiger partial charge in [-0.1, -0.05) is 51.0 Å². The van der Waals surface area contributed by atoms with Crippen molar-refractivity contribution >= 4 is 36.5 Å². The van der Waals surface area contributed by atoms with Crippen LogP contribution in [-0.4, -0.2) is 25.4 Å². The Morgan fingerprint density at radius 1 is 1.17 bits per heavy atom. The first-order chi connectivity index (χ1) is 10.8. The molecule has 1 N–H and O–H groups in total. The van der Waals surface area contributed by atoms with Crippen LogP contribution in [0.5, 0.6) is 5.75 Å². The van der Waals surface area contributed by atoms with E-state index in [1.165, 1.54) is 32.1 Å². The second kappa shape index (κ2) is 10.4. The topological polar surface area (TPSA) is 32.6 Å². The molecule has 1 aliphatic carbocycles. The number of aryl methyl sites for hydroxylation is 1. The van der Waals surface area contributed by atoms with Crippen LogP contribution >= 0.6 is 17.0 Å². The first-order valence-corrected chi connectivity index (χ1v) is 18.0. The van der Waals surface area contributed by atoms with Gasteiger partial charge in [-0.2, -0.15) is 0 Å². The summed E-state index contributed by atoms with van der Waals surface area (Å²) in [5.74, 6) is 0.462. The molecule has 0 atom stereocenters. The van der Waals surface area contributed by atoms with Crippen LogP contribution in [-0.2, 0) is 20.8 Å². The number of rotatable bonds is 3. The predicted octanol–water partition coefficient (Wildman–Crippen LogP) is 5.37. The molecule has 2 nitrogen and oxygen atoms in total. The van der Waals surface area contributed by atoms with Crippen LogP contribution < -0.4 is 5.19 Å². The fraction of sp³-hybridized carbons (Fsp3) is 0.588. The number of hydrogen-bond donors (Lipinski definition) is 1. The van der Waals surface area contributed by atoms with Gasteiger partial charge in [0.05, 0.1) is 8.07 Å². The third-order valence-electron chi connectivity index (χ3n) is 4.23. The van der Waals surface area contributed by atoms with Crippen molar-refractivity contribution in [3.05, 3.63) is 23.3 Å². The molecule has 6 heteroatoms. The Balaban J connectivity index is 0.000000816. The van der Waals surface area contributed by atoms with E-state index in [0.29, 0.717) is 11.8 Å². The molecular formula is C17H27Cl2NOSiZr. The predicted molar refractivity (Wildman–Crippen MR) is 102 cm³/mol. The molecule has 1 saturated carbocycles. The summed E-state index contributed by atoms with van der Waals surface area (Å²) in [4.78, 5) is 4.73. The van der Waals surface area contributed by atoms with Gasteiger partial charge in [-0.15, -0.1) is 0 Å². The average Bonchev–Trinajstić information content (AvgIpc) is 2.47. The van der Waals surface area contributed by atoms with Gasteiger partial charge in [0.15, 0.2) is 0 Å². The Morgan fingerprint density at radius 3 is 2.26 bits per heavy atom. The first-order valence-electron chi connectivity index (χ1n) is 8.13. The SMILES string of the molecule is Cc1ccc([Si](C)(C)C)c(O)c1C=NC1CCCCC1.[Cl][Zr][Cl]. The third kappa shape index (κ3) is 7.02. The molecule has 2 rings (SSSR count). The van der Waals surface area contributed by atoms with Crippen molar-refractivity contribution < 1.29 is 26.0 Å². The Hall–Kier alpha value is 0.370. The molecule has 1 fully saturated rings. The minimum atomic E-state index is -1.51. The number of halogens is 2. The second-order valence-corrected chi connectivity index (χ2v) is 15.9. The van der Waals surface area contributed by atoms with Crippen molar-refractivity contribution in [1.29, 1.82) is 0 Å². The van der Waals surface area contributed by atoms with Crippen molar-refractivity contribution in [2.24, 2.45) is 4.99 Å². The second-order valence-electron chi connectivity index (χ2n) is 7.08. The summed E-state index contributed by atoms with van der Waals surface area (Å²) < 4.78 is 0. The monoisotopic (exact) mass is 449 g/mol. The van der Waals surface area contributed by atoms with Gasteiger partial charge in [-0.25, -0.2) is 0 Å². The van der Waals surface area contributed by atoms with Gasteiger partial charge in [-0.3, -0.25) is 4.99 Å². The number of phenolic OH excluding ortho intramolecular Hbond substituents is 1. The number of aliphatic imine (C=N–C) groups is 1. The van der Waals surface area contributed by atoms with Gasteiger partial charge >= 0.3 is 37.9 Å². The summed E-state index contributed by atoms with van der Waals surface area (Å²) in [5, 5.41) is 11.7. The van der Waals surface area contributed by atoms with E-state index >= 15 is 0 Å². The fourth-order valence-corrected chi connectivity index (χ4v) is 4.32. The van der Waals surface area contributed by atoms with E-state index in [1.54, 1.807) is 0 Å². The van der Waals surface area contributed by atoms with E-state index in [9.17, 15) is 5.11 Å². The van der Waals surface area contributed by atoms with Crippen LogP contribution in [0.1, 0.15) is 43.2 Å². The van der Waals surface area contributed by atoms with E-state index < -0.39 is 28.9 Å². The standard InChI is InChI=1S/C17H27NOSi.2ClH.Zr/c1-13-10-11-16(20(2,3)4)17(19)15(13)12-18-14-8-6-5-7-9-14;;;/h10-12,14,19H,5-9H2,1-4H3;2*1H;/q;;;+2/p-2. The number of hydrogen-bond acceptors (Lipinski definition) is 2. The van der Waals surface area contributed by atoms with Gasteiger partial charge in [0.1, 0.15) is 5.75 Å². The number of nitrogens with zero attached hydrogens (tertiary/aromatic N) is 1. The summed E-state index contributed by atoms with van der Waals surface area (Å²) in [6.07, 6.45) is 8.25. The molecule has 0 heterocycles. The molecule has 0 saturated heterocycles. The summed E-state index contributed by atoms with van der Waals surface area (Å²) >= 11 is -0.826. The van der Waals surface area contributed by atoms with Gasteiger partial charge in [0.25, 0.3) is 0 Å². The molecule has 0 radical (unpaired) electrons. The Bertz CT molecular complexity index is 526. The molecule has 0 aromatic heterocycles. The van der Waals surface area contributed by atoms with Crippen molar-refractivity contribution in [2.75, 3.05) is 0 Å². The summed E-state index contributed by atoms with van der Waals surface area (Å²) in [7, 11) is 8.36. The van der Waals surface area contributed by atoms with Crippen molar-refractivity contribution in [1.82, 2.24) is 0 Å². The van der Waals surface area contributed by atoms with Gasteiger partial charge in [0.2, 0.25) is 0 Å². The quantitative estimate of drug-likeness (QED) is 0.486. The Morgan fingerprint density at radius 2 is 1.74 bits per heavy atom. The van der Waals surface area contributed by atoms with E-state index in [4.69, 9.17) is 22.0 Å². The normalized spacial score (nSPS) is 16.1. The van der Waals surface area contributed by atoms with Crippen LogP contribution in [0.3, 0.4) is 0 Å². The number of aromatic hydroxyl groups is 1. The summed E-state index contributed by atoms with van der Waals surface area (Å²) in [6.45, 7) is 8.84. The molecule has 23 heavy (non-hydrogen) atoms. The van der Waals surface area contributed by atoms with E-state index in [0.717, 1.165) is 16.3 Å².